The Labute approximate surface area is 80.3 Å². The van der Waals surface area contributed by atoms with Gasteiger partial charge >= 0.3 is 0 Å². The topological polar surface area (TPSA) is 12.4 Å². The Balaban J connectivity index is 3.09. The van der Waals surface area contributed by atoms with E-state index in [1.165, 1.54) is 0 Å². The minimum absolute atomic E-state index is 0.0566. The van der Waals surface area contributed by atoms with Gasteiger partial charge in [0.05, 0.1) is 5.56 Å². The first kappa shape index (κ1) is 10.8. The van der Waals surface area contributed by atoms with Crippen LogP contribution in [0.15, 0.2) is 17.1 Å². The summed E-state index contributed by atoms with van der Waals surface area (Å²) in [5.41, 5.74) is -0.305. The molecule has 0 unspecified atom stereocenters. The Morgan fingerprint density at radius 1 is 1.14 bits per heavy atom. The number of hydrogen-bond donors (Lipinski definition) is 0. The van der Waals surface area contributed by atoms with E-state index in [0.717, 1.165) is 6.21 Å². The normalized spacial score (nSPS) is 11.6. The number of rotatable bonds is 2. The van der Waals surface area contributed by atoms with Crippen molar-refractivity contribution in [2.45, 2.75) is 19.9 Å². The van der Waals surface area contributed by atoms with E-state index < -0.39 is 17.5 Å². The summed E-state index contributed by atoms with van der Waals surface area (Å²) in [6.45, 7) is 3.55. The van der Waals surface area contributed by atoms with Crippen LogP contribution < -0.4 is 0 Å². The minimum Gasteiger partial charge on any atom is -0.290 e. The molecule has 0 bridgehead atoms. The predicted octanol–water partition coefficient (Wildman–Crippen LogP) is 2.93. The van der Waals surface area contributed by atoms with E-state index in [0.29, 0.717) is 12.1 Å². The highest BCUT2D eigenvalue weighted by molar-refractivity contribution is 5.80. The van der Waals surface area contributed by atoms with Gasteiger partial charge in [-0.1, -0.05) is 0 Å². The second-order valence-corrected chi connectivity index (χ2v) is 3.16. The first-order valence-electron chi connectivity index (χ1n) is 4.18. The first-order valence-corrected chi connectivity index (χ1v) is 4.18. The average molecular weight is 201 g/mol. The third-order valence-electron chi connectivity index (χ3n) is 1.55. The molecule has 1 rings (SSSR count). The smallest absolute Gasteiger partial charge is 0.137 e. The summed E-state index contributed by atoms with van der Waals surface area (Å²) in [6.07, 6.45) is 1.08. The summed E-state index contributed by atoms with van der Waals surface area (Å²) < 4.78 is 38.5. The molecular formula is C10H10F3N. The van der Waals surface area contributed by atoms with Crippen molar-refractivity contribution in [2.24, 2.45) is 4.99 Å². The van der Waals surface area contributed by atoms with Crippen LogP contribution in [-0.4, -0.2) is 12.3 Å². The van der Waals surface area contributed by atoms with Crippen molar-refractivity contribution < 1.29 is 13.2 Å². The summed E-state index contributed by atoms with van der Waals surface area (Å²) >= 11 is 0. The molecule has 0 fully saturated rings. The van der Waals surface area contributed by atoms with Crippen molar-refractivity contribution in [3.63, 3.8) is 0 Å². The zero-order valence-electron chi connectivity index (χ0n) is 7.89. The van der Waals surface area contributed by atoms with E-state index in [-0.39, 0.29) is 11.6 Å². The van der Waals surface area contributed by atoms with E-state index in [2.05, 4.69) is 4.99 Å². The van der Waals surface area contributed by atoms with Crippen molar-refractivity contribution in [1.82, 2.24) is 0 Å². The van der Waals surface area contributed by atoms with Crippen LogP contribution in [0.3, 0.4) is 0 Å². The second kappa shape index (κ2) is 4.26. The minimum atomic E-state index is -0.938. The Morgan fingerprint density at radius 2 is 1.64 bits per heavy atom. The highest BCUT2D eigenvalue weighted by Crippen LogP contribution is 2.12. The maximum absolute atomic E-state index is 13.0. The summed E-state index contributed by atoms with van der Waals surface area (Å²) in [5, 5.41) is 0. The van der Waals surface area contributed by atoms with Crippen molar-refractivity contribution in [1.29, 1.82) is 0 Å². The van der Waals surface area contributed by atoms with Gasteiger partial charge < -0.3 is 0 Å². The molecule has 0 spiro atoms. The molecule has 0 aliphatic carbocycles. The predicted molar refractivity (Wildman–Crippen MR) is 49.0 cm³/mol. The average Bonchev–Trinajstić information content (AvgIpc) is 2.01. The Bertz CT molecular complexity index is 335. The molecule has 0 atom stereocenters. The Morgan fingerprint density at radius 3 is 2.07 bits per heavy atom. The van der Waals surface area contributed by atoms with Gasteiger partial charge in [-0.25, -0.2) is 13.2 Å². The lowest BCUT2D eigenvalue weighted by molar-refractivity contribution is 0.541. The molecule has 0 aromatic heterocycles. The zero-order valence-corrected chi connectivity index (χ0v) is 7.89. The van der Waals surface area contributed by atoms with E-state index in [9.17, 15) is 13.2 Å². The Hall–Kier alpha value is -1.32. The van der Waals surface area contributed by atoms with Gasteiger partial charge in [-0.15, -0.1) is 0 Å². The second-order valence-electron chi connectivity index (χ2n) is 3.16. The summed E-state index contributed by atoms with van der Waals surface area (Å²) in [7, 11) is 0. The largest absolute Gasteiger partial charge is 0.290 e. The van der Waals surface area contributed by atoms with Crippen LogP contribution in [0.25, 0.3) is 0 Å². The summed E-state index contributed by atoms with van der Waals surface area (Å²) in [4.78, 5) is 3.82. The number of halogens is 3. The van der Waals surface area contributed by atoms with Crippen LogP contribution in [0, 0.1) is 17.5 Å². The van der Waals surface area contributed by atoms with Crippen molar-refractivity contribution in [3.05, 3.63) is 35.1 Å². The van der Waals surface area contributed by atoms with Crippen LogP contribution in [0.5, 0.6) is 0 Å². The number of hydrogen-bond acceptors (Lipinski definition) is 1. The van der Waals surface area contributed by atoms with Gasteiger partial charge in [-0.3, -0.25) is 4.99 Å². The fourth-order valence-corrected chi connectivity index (χ4v) is 0.900. The van der Waals surface area contributed by atoms with Crippen molar-refractivity contribution >= 4 is 6.21 Å². The van der Waals surface area contributed by atoms with Crippen molar-refractivity contribution in [2.75, 3.05) is 0 Å². The summed E-state index contributed by atoms with van der Waals surface area (Å²) in [5.74, 6) is -2.81. The SMILES string of the molecule is CC(C)/N=C/c1c(F)cc(F)cc1F. The van der Waals surface area contributed by atoms with Crippen molar-refractivity contribution in [3.8, 4) is 0 Å². The van der Waals surface area contributed by atoms with E-state index in [4.69, 9.17) is 0 Å². The van der Waals surface area contributed by atoms with Gasteiger partial charge in [0.15, 0.2) is 0 Å². The van der Waals surface area contributed by atoms with E-state index in [1.54, 1.807) is 13.8 Å². The van der Waals surface area contributed by atoms with Crippen LogP contribution in [0.4, 0.5) is 13.2 Å². The monoisotopic (exact) mass is 201 g/mol. The number of nitrogens with zero attached hydrogens (tertiary/aromatic N) is 1. The maximum atomic E-state index is 13.0. The number of benzene rings is 1. The molecule has 1 aromatic carbocycles. The molecular weight excluding hydrogens is 191 g/mol. The molecule has 0 saturated heterocycles. The molecule has 14 heavy (non-hydrogen) atoms. The molecule has 0 N–H and O–H groups in total. The van der Waals surface area contributed by atoms with Gasteiger partial charge in [-0.05, 0) is 13.8 Å². The van der Waals surface area contributed by atoms with Gasteiger partial charge in [0, 0.05) is 24.4 Å². The molecule has 0 aliphatic heterocycles. The number of aliphatic imine (C=N–C) groups is 1. The molecule has 4 heteroatoms. The lowest BCUT2D eigenvalue weighted by atomic mass is 10.2. The van der Waals surface area contributed by atoms with E-state index in [1.807, 2.05) is 0 Å². The zero-order chi connectivity index (χ0) is 10.7. The highest BCUT2D eigenvalue weighted by atomic mass is 19.1. The third kappa shape index (κ3) is 2.58. The van der Waals surface area contributed by atoms with Crippen LogP contribution in [0.1, 0.15) is 19.4 Å². The lowest BCUT2D eigenvalue weighted by Crippen LogP contribution is -1.98. The van der Waals surface area contributed by atoms with Crippen LogP contribution in [0.2, 0.25) is 0 Å². The van der Waals surface area contributed by atoms with Crippen LogP contribution >= 0.6 is 0 Å². The van der Waals surface area contributed by atoms with Gasteiger partial charge in [-0.2, -0.15) is 0 Å². The molecule has 1 aromatic rings. The van der Waals surface area contributed by atoms with Gasteiger partial charge in [0.1, 0.15) is 17.5 Å². The van der Waals surface area contributed by atoms with Gasteiger partial charge in [0.2, 0.25) is 0 Å². The molecule has 1 nitrogen and oxygen atoms in total. The summed E-state index contributed by atoms with van der Waals surface area (Å²) in [6, 6.07) is 1.20. The quantitative estimate of drug-likeness (QED) is 0.652. The standard InChI is InChI=1S/C10H10F3N/c1-6(2)14-5-8-9(12)3-7(11)4-10(8)13/h3-6H,1-2H3/b14-5+. The maximum Gasteiger partial charge on any atom is 0.137 e. The lowest BCUT2D eigenvalue weighted by Gasteiger charge is -2.00. The fourth-order valence-electron chi connectivity index (χ4n) is 0.900. The molecule has 0 amide bonds. The fraction of sp³-hybridized carbons (Fsp3) is 0.300. The van der Waals surface area contributed by atoms with Crippen LogP contribution in [-0.2, 0) is 0 Å². The molecule has 0 heterocycles. The Kier molecular flexibility index (Phi) is 3.28. The molecule has 0 radical (unpaired) electrons. The molecule has 0 aliphatic rings. The third-order valence-corrected chi connectivity index (χ3v) is 1.55. The molecule has 0 saturated carbocycles. The van der Waals surface area contributed by atoms with Gasteiger partial charge in [0.25, 0.3) is 0 Å². The van der Waals surface area contributed by atoms with E-state index >= 15 is 0 Å². The first-order chi connectivity index (χ1) is 6.50. The molecule has 76 valence electrons. The highest BCUT2D eigenvalue weighted by Gasteiger charge is 2.08.